The fourth-order valence-electron chi connectivity index (χ4n) is 4.96. The Morgan fingerprint density at radius 1 is 1.26 bits per heavy atom. The maximum absolute atomic E-state index is 13.7. The van der Waals surface area contributed by atoms with Crippen LogP contribution in [0.15, 0.2) is 39.6 Å². The molecular weight excluding hydrogens is 460 g/mol. The minimum atomic E-state index is -0.438. The van der Waals surface area contributed by atoms with Crippen molar-refractivity contribution in [3.63, 3.8) is 0 Å². The van der Waals surface area contributed by atoms with Crippen molar-refractivity contribution in [2.45, 2.75) is 51.9 Å². The van der Waals surface area contributed by atoms with Crippen molar-refractivity contribution >= 4 is 27.6 Å². The Kier molecular flexibility index (Phi) is 6.42. The second kappa shape index (κ2) is 9.07. The first-order valence-corrected chi connectivity index (χ1v) is 11.9. The molecule has 2 unspecified atom stereocenters. The third-order valence-electron chi connectivity index (χ3n) is 6.40. The van der Waals surface area contributed by atoms with E-state index in [1.165, 1.54) is 0 Å². The first-order valence-electron chi connectivity index (χ1n) is 11.1. The van der Waals surface area contributed by atoms with Crippen molar-refractivity contribution in [3.05, 3.63) is 45.2 Å². The number of halogens is 1. The van der Waals surface area contributed by atoms with Gasteiger partial charge in [-0.3, -0.25) is 9.59 Å². The molecule has 1 aromatic rings. The summed E-state index contributed by atoms with van der Waals surface area (Å²) in [7, 11) is 0. The molecule has 0 aromatic heterocycles. The predicted octanol–water partition coefficient (Wildman–Crippen LogP) is 4.39. The van der Waals surface area contributed by atoms with Crippen LogP contribution in [0, 0.1) is 5.92 Å². The number of ketones is 1. The van der Waals surface area contributed by atoms with E-state index in [0.717, 1.165) is 49.3 Å². The summed E-state index contributed by atoms with van der Waals surface area (Å²) in [6, 6.07) is 3.58. The summed E-state index contributed by atoms with van der Waals surface area (Å²) in [5, 5.41) is 13.8. The second-order valence-corrected chi connectivity index (χ2v) is 9.27. The lowest BCUT2D eigenvalue weighted by molar-refractivity contribution is -0.129. The number of benzene rings is 1. The van der Waals surface area contributed by atoms with Gasteiger partial charge in [-0.2, -0.15) is 0 Å². The van der Waals surface area contributed by atoms with E-state index in [2.05, 4.69) is 27.3 Å². The van der Waals surface area contributed by atoms with Gasteiger partial charge in [0, 0.05) is 42.4 Å². The number of phenols is 1. The van der Waals surface area contributed by atoms with Gasteiger partial charge < -0.3 is 20.1 Å². The molecule has 4 rings (SSSR count). The normalized spacial score (nSPS) is 23.8. The largest absolute Gasteiger partial charge is 0.503 e. The lowest BCUT2D eigenvalue weighted by Crippen LogP contribution is -2.45. The molecule has 1 fully saturated rings. The molecule has 3 aliphatic rings. The average Bonchev–Trinajstić information content (AvgIpc) is 2.76. The fraction of sp³-hybridized carbons (Fsp3) is 0.500. The fourth-order valence-corrected chi connectivity index (χ4v) is 5.42. The van der Waals surface area contributed by atoms with Crippen LogP contribution in [0.5, 0.6) is 11.5 Å². The number of carbonyl (C=O) groups is 2. The number of nitrogens with zero attached hydrogens (tertiary/aromatic N) is 1. The highest BCUT2D eigenvalue weighted by atomic mass is 79.9. The van der Waals surface area contributed by atoms with Crippen molar-refractivity contribution in [1.82, 2.24) is 10.2 Å². The number of aromatic hydroxyl groups is 1. The van der Waals surface area contributed by atoms with Gasteiger partial charge in [0.25, 0.3) is 5.91 Å². The average molecular weight is 489 g/mol. The van der Waals surface area contributed by atoms with Gasteiger partial charge in [-0.15, -0.1) is 0 Å². The van der Waals surface area contributed by atoms with E-state index in [1.807, 2.05) is 24.8 Å². The Morgan fingerprint density at radius 3 is 2.71 bits per heavy atom. The number of hydrogen-bond acceptors (Lipinski definition) is 5. The van der Waals surface area contributed by atoms with Gasteiger partial charge in [-0.05, 0) is 73.2 Å². The zero-order valence-electron chi connectivity index (χ0n) is 18.0. The topological polar surface area (TPSA) is 78.9 Å². The Labute approximate surface area is 191 Å². The smallest absolute Gasteiger partial charge is 0.252 e. The van der Waals surface area contributed by atoms with Gasteiger partial charge >= 0.3 is 0 Å². The molecule has 7 heteroatoms. The van der Waals surface area contributed by atoms with Gasteiger partial charge in [0.15, 0.2) is 11.5 Å². The summed E-state index contributed by atoms with van der Waals surface area (Å²) in [5.74, 6) is -0.364. The van der Waals surface area contributed by atoms with Gasteiger partial charge in [-0.1, -0.05) is 6.08 Å². The highest BCUT2D eigenvalue weighted by molar-refractivity contribution is 9.10. The molecular formula is C24H29BrN2O4. The van der Waals surface area contributed by atoms with E-state index in [4.69, 9.17) is 4.74 Å². The van der Waals surface area contributed by atoms with Gasteiger partial charge in [-0.25, -0.2) is 0 Å². The van der Waals surface area contributed by atoms with Crippen molar-refractivity contribution in [2.75, 3.05) is 19.7 Å². The molecule has 1 aliphatic carbocycles. The highest BCUT2D eigenvalue weighted by Gasteiger charge is 2.44. The van der Waals surface area contributed by atoms with Gasteiger partial charge in [0.05, 0.1) is 17.0 Å². The maximum Gasteiger partial charge on any atom is 0.252 e. The van der Waals surface area contributed by atoms with Crippen LogP contribution in [0.3, 0.4) is 0 Å². The summed E-state index contributed by atoms with van der Waals surface area (Å²) in [4.78, 5) is 28.7. The molecule has 0 radical (unpaired) electrons. The van der Waals surface area contributed by atoms with Crippen LogP contribution in [0.2, 0.25) is 0 Å². The Hall–Kier alpha value is -2.28. The van der Waals surface area contributed by atoms with Crippen LogP contribution >= 0.6 is 15.9 Å². The number of rotatable bonds is 4. The molecule has 31 heavy (non-hydrogen) atoms. The number of Topliss-reactive ketones (excluding diaryl/α,β-unsaturated/α-hetero) is 1. The van der Waals surface area contributed by atoms with E-state index in [9.17, 15) is 14.7 Å². The Bertz CT molecular complexity index is 963. The Balaban J connectivity index is 1.86. The van der Waals surface area contributed by atoms with E-state index in [-0.39, 0.29) is 17.4 Å². The molecule has 0 bridgehead atoms. The molecule has 0 saturated carbocycles. The molecule has 1 aromatic carbocycles. The third kappa shape index (κ3) is 4.12. The van der Waals surface area contributed by atoms with Crippen LogP contribution in [0.1, 0.15) is 57.4 Å². The number of likely N-dealkylation sites (tertiary alicyclic amines) is 1. The molecule has 2 N–H and O–H groups in total. The number of phenolic OH excluding ortho intramolecular Hbond substituents is 1. The van der Waals surface area contributed by atoms with Crippen molar-refractivity contribution < 1.29 is 19.4 Å². The third-order valence-corrected chi connectivity index (χ3v) is 7.01. The van der Waals surface area contributed by atoms with E-state index in [0.29, 0.717) is 35.2 Å². The minimum absolute atomic E-state index is 0.00530. The summed E-state index contributed by atoms with van der Waals surface area (Å²) in [6.45, 7) is 5.66. The molecule has 1 amide bonds. The van der Waals surface area contributed by atoms with Gasteiger partial charge in [0.1, 0.15) is 5.78 Å². The summed E-state index contributed by atoms with van der Waals surface area (Å²) in [5.41, 5.74) is 3.09. The minimum Gasteiger partial charge on any atom is -0.503 e. The predicted molar refractivity (Wildman–Crippen MR) is 122 cm³/mol. The lowest BCUT2D eigenvalue weighted by atomic mass is 9.70. The van der Waals surface area contributed by atoms with Crippen molar-refractivity contribution in [1.29, 1.82) is 0 Å². The highest BCUT2D eigenvalue weighted by Crippen LogP contribution is 2.47. The molecule has 2 heterocycles. The molecule has 6 nitrogen and oxygen atoms in total. The number of ether oxygens (including phenoxy) is 1. The monoisotopic (exact) mass is 488 g/mol. The van der Waals surface area contributed by atoms with Crippen LogP contribution in [-0.2, 0) is 9.59 Å². The van der Waals surface area contributed by atoms with Crippen LogP contribution in [0.4, 0.5) is 0 Å². The second-order valence-electron chi connectivity index (χ2n) is 8.42. The summed E-state index contributed by atoms with van der Waals surface area (Å²) >= 11 is 3.43. The van der Waals surface area contributed by atoms with E-state index in [1.54, 1.807) is 6.07 Å². The first kappa shape index (κ1) is 21.9. The Morgan fingerprint density at radius 2 is 2.00 bits per heavy atom. The number of nitrogens with one attached hydrogen (secondary N) is 1. The zero-order chi connectivity index (χ0) is 22.1. The molecule has 2 aliphatic heterocycles. The zero-order valence-corrected chi connectivity index (χ0v) is 19.6. The number of fused-ring (bicyclic) bond motifs is 1. The van der Waals surface area contributed by atoms with Crippen molar-refractivity contribution in [2.24, 2.45) is 5.92 Å². The number of hydrogen-bond donors (Lipinski definition) is 2. The SMILES string of the molecule is CCOc1cc(C2C(C(=O)N3CCCCC3)=C(C)NC3=CCCC(=O)C32)cc(Br)c1O. The van der Waals surface area contributed by atoms with E-state index >= 15 is 0 Å². The van der Waals surface area contributed by atoms with E-state index < -0.39 is 11.8 Å². The molecule has 2 atom stereocenters. The number of amides is 1. The molecule has 1 saturated heterocycles. The van der Waals surface area contributed by atoms with Crippen LogP contribution < -0.4 is 10.1 Å². The quantitative estimate of drug-likeness (QED) is 0.656. The van der Waals surface area contributed by atoms with Crippen LogP contribution in [0.25, 0.3) is 0 Å². The molecule has 166 valence electrons. The summed E-state index contributed by atoms with van der Waals surface area (Å²) in [6.07, 6.45) is 6.39. The maximum atomic E-state index is 13.7. The number of carbonyl (C=O) groups excluding carboxylic acids is 2. The first-order chi connectivity index (χ1) is 14.9. The lowest BCUT2D eigenvalue weighted by Gasteiger charge is -2.40. The van der Waals surface area contributed by atoms with Gasteiger partial charge in [0.2, 0.25) is 0 Å². The number of allylic oxidation sites excluding steroid dienone is 3. The standard InChI is InChI=1S/C24H29BrN2O4/c1-3-31-19-13-15(12-16(25)23(19)29)21-20(24(30)27-10-5-4-6-11-27)14(2)26-17-8-7-9-18(28)22(17)21/h8,12-13,21-22,26,29H,3-7,9-11H2,1-2H3. The number of piperidine rings is 1. The van der Waals surface area contributed by atoms with Crippen molar-refractivity contribution in [3.8, 4) is 11.5 Å². The molecule has 0 spiro atoms. The van der Waals surface area contributed by atoms with Crippen LogP contribution in [-0.4, -0.2) is 41.4 Å². The summed E-state index contributed by atoms with van der Waals surface area (Å²) < 4.78 is 6.13.